The van der Waals surface area contributed by atoms with Crippen molar-refractivity contribution < 1.29 is 14.3 Å². The van der Waals surface area contributed by atoms with E-state index in [0.29, 0.717) is 25.5 Å². The van der Waals surface area contributed by atoms with Gasteiger partial charge in [-0.3, -0.25) is 4.79 Å². The molecule has 1 aliphatic heterocycles. The van der Waals surface area contributed by atoms with Gasteiger partial charge in [-0.05, 0) is 29.1 Å². The first-order chi connectivity index (χ1) is 11.8. The van der Waals surface area contributed by atoms with E-state index >= 15 is 0 Å². The Kier molecular flexibility index (Phi) is 4.18. The van der Waals surface area contributed by atoms with Crippen LogP contribution in [0.4, 0.5) is 0 Å². The van der Waals surface area contributed by atoms with Gasteiger partial charge in [0.2, 0.25) is 0 Å². The van der Waals surface area contributed by atoms with Crippen LogP contribution in [0, 0.1) is 0 Å². The highest BCUT2D eigenvalue weighted by Gasteiger charge is 2.14. The number of carbonyl (C=O) groups excluding carboxylic acids is 1. The van der Waals surface area contributed by atoms with Crippen molar-refractivity contribution in [1.82, 2.24) is 10.3 Å². The summed E-state index contributed by atoms with van der Waals surface area (Å²) in [5.41, 5.74) is 2.45. The maximum Gasteiger partial charge on any atom is 0.271 e. The lowest BCUT2D eigenvalue weighted by Crippen LogP contribution is -2.23. The molecule has 0 saturated carbocycles. The molecule has 2 aromatic heterocycles. The topological polar surface area (TPSA) is 60.5 Å². The summed E-state index contributed by atoms with van der Waals surface area (Å²) in [6, 6.07) is 7.69. The first kappa shape index (κ1) is 15.2. The third-order valence-corrected chi connectivity index (χ3v) is 5.14. The van der Waals surface area contributed by atoms with Gasteiger partial charge in [-0.1, -0.05) is 6.07 Å². The molecule has 0 radical (unpaired) electrons. The molecule has 5 nitrogen and oxygen atoms in total. The molecule has 4 rings (SSSR count). The summed E-state index contributed by atoms with van der Waals surface area (Å²) in [7, 11) is 0. The average molecular weight is 358 g/mol. The molecule has 0 atom stereocenters. The number of hydrogen-bond acceptors (Lipinski definition) is 6. The van der Waals surface area contributed by atoms with Gasteiger partial charge in [0.15, 0.2) is 11.5 Å². The predicted molar refractivity (Wildman–Crippen MR) is 94.0 cm³/mol. The van der Waals surface area contributed by atoms with E-state index in [4.69, 9.17) is 9.47 Å². The molecule has 0 bridgehead atoms. The third kappa shape index (κ3) is 3.13. The number of carbonyl (C=O) groups is 1. The van der Waals surface area contributed by atoms with Crippen LogP contribution in [0.25, 0.3) is 10.6 Å². The molecule has 122 valence electrons. The van der Waals surface area contributed by atoms with Crippen molar-refractivity contribution in [2.75, 3.05) is 13.2 Å². The fraction of sp³-hybridized carbons (Fsp3) is 0.176. The van der Waals surface area contributed by atoms with E-state index in [1.165, 1.54) is 11.3 Å². The smallest absolute Gasteiger partial charge is 0.271 e. The quantitative estimate of drug-likeness (QED) is 0.774. The molecule has 1 aromatic carbocycles. The van der Waals surface area contributed by atoms with Crippen molar-refractivity contribution in [3.63, 3.8) is 0 Å². The number of rotatable bonds is 4. The maximum atomic E-state index is 12.3. The second-order valence-electron chi connectivity index (χ2n) is 5.21. The number of amides is 1. The van der Waals surface area contributed by atoms with Crippen molar-refractivity contribution in [2.24, 2.45) is 0 Å². The molecule has 0 fully saturated rings. The fourth-order valence-corrected chi connectivity index (χ4v) is 3.88. The van der Waals surface area contributed by atoms with E-state index in [9.17, 15) is 4.79 Å². The van der Waals surface area contributed by atoms with E-state index in [2.05, 4.69) is 10.3 Å². The van der Waals surface area contributed by atoms with Crippen LogP contribution in [0.5, 0.6) is 11.5 Å². The third-order valence-electron chi connectivity index (χ3n) is 3.56. The number of hydrogen-bond donors (Lipinski definition) is 1. The number of fused-ring (bicyclic) bond motifs is 1. The second kappa shape index (κ2) is 6.62. The average Bonchev–Trinajstić information content (AvgIpc) is 3.30. The first-order valence-electron chi connectivity index (χ1n) is 7.44. The Morgan fingerprint density at radius 1 is 1.17 bits per heavy atom. The van der Waals surface area contributed by atoms with Crippen LogP contribution >= 0.6 is 22.7 Å². The fourth-order valence-electron chi connectivity index (χ4n) is 2.37. The highest BCUT2D eigenvalue weighted by atomic mass is 32.1. The molecule has 24 heavy (non-hydrogen) atoms. The summed E-state index contributed by atoms with van der Waals surface area (Å²) in [6.07, 6.45) is 0. The Balaban J connectivity index is 1.41. The molecule has 0 spiro atoms. The zero-order valence-corrected chi connectivity index (χ0v) is 14.3. The first-order valence-corrected chi connectivity index (χ1v) is 9.27. The van der Waals surface area contributed by atoms with Gasteiger partial charge < -0.3 is 14.8 Å². The number of thiophene rings is 1. The number of benzene rings is 1. The molecule has 7 heteroatoms. The van der Waals surface area contributed by atoms with Gasteiger partial charge >= 0.3 is 0 Å². The zero-order valence-electron chi connectivity index (χ0n) is 12.7. The molecule has 0 unspecified atom stereocenters. The number of nitrogens with one attached hydrogen (secondary N) is 1. The lowest BCUT2D eigenvalue weighted by Gasteiger charge is -2.18. The highest BCUT2D eigenvalue weighted by Crippen LogP contribution is 2.30. The van der Waals surface area contributed by atoms with Crippen molar-refractivity contribution >= 4 is 28.6 Å². The minimum absolute atomic E-state index is 0.178. The van der Waals surface area contributed by atoms with Crippen molar-refractivity contribution in [2.45, 2.75) is 6.54 Å². The van der Waals surface area contributed by atoms with Crippen molar-refractivity contribution in [1.29, 1.82) is 0 Å². The number of nitrogens with zero attached hydrogens (tertiary/aromatic N) is 1. The lowest BCUT2D eigenvalue weighted by atomic mass is 10.2. The normalized spacial score (nSPS) is 12.8. The number of thiazole rings is 1. The van der Waals surface area contributed by atoms with Crippen LogP contribution in [0.2, 0.25) is 0 Å². The van der Waals surface area contributed by atoms with Gasteiger partial charge in [-0.25, -0.2) is 4.98 Å². The van der Waals surface area contributed by atoms with E-state index in [1.54, 1.807) is 16.7 Å². The molecule has 1 amide bonds. The Hall–Kier alpha value is -2.38. The van der Waals surface area contributed by atoms with Crippen LogP contribution in [-0.2, 0) is 6.54 Å². The predicted octanol–water partition coefficient (Wildman–Crippen LogP) is 3.57. The summed E-state index contributed by atoms with van der Waals surface area (Å²) in [6.45, 7) is 1.53. The van der Waals surface area contributed by atoms with Gasteiger partial charge in [0.25, 0.3) is 5.91 Å². The van der Waals surface area contributed by atoms with Gasteiger partial charge in [-0.2, -0.15) is 11.3 Å². The van der Waals surface area contributed by atoms with E-state index < -0.39 is 0 Å². The summed E-state index contributed by atoms with van der Waals surface area (Å²) in [5, 5.41) is 9.56. The second-order valence-corrected chi connectivity index (χ2v) is 6.85. The van der Waals surface area contributed by atoms with Crippen LogP contribution in [0.1, 0.15) is 16.1 Å². The minimum Gasteiger partial charge on any atom is -0.486 e. The maximum absolute atomic E-state index is 12.3. The molecule has 1 N–H and O–H groups in total. The van der Waals surface area contributed by atoms with Crippen LogP contribution in [-0.4, -0.2) is 24.1 Å². The number of ether oxygens (including phenoxy) is 2. The summed E-state index contributed by atoms with van der Waals surface area (Å²) >= 11 is 3.09. The zero-order chi connectivity index (χ0) is 16.4. The standard InChI is InChI=1S/C17H14N2O3S2/c20-16(13-10-24-17(19-13)12-3-6-23-9-12)18-8-11-1-2-14-15(7-11)22-5-4-21-14/h1-3,6-7,9-10H,4-5,8H2,(H,18,20). The minimum atomic E-state index is -0.178. The lowest BCUT2D eigenvalue weighted by molar-refractivity contribution is 0.0946. The van der Waals surface area contributed by atoms with E-state index in [0.717, 1.165) is 27.6 Å². The summed E-state index contributed by atoms with van der Waals surface area (Å²) in [4.78, 5) is 16.7. The van der Waals surface area contributed by atoms with Gasteiger partial charge in [0, 0.05) is 22.9 Å². The van der Waals surface area contributed by atoms with Crippen molar-refractivity contribution in [3.05, 3.63) is 51.7 Å². The largest absolute Gasteiger partial charge is 0.486 e. The highest BCUT2D eigenvalue weighted by molar-refractivity contribution is 7.14. The van der Waals surface area contributed by atoms with Gasteiger partial charge in [-0.15, -0.1) is 11.3 Å². The van der Waals surface area contributed by atoms with E-state index in [1.807, 2.05) is 35.0 Å². The molecular formula is C17H14N2O3S2. The Morgan fingerprint density at radius 2 is 2.04 bits per heavy atom. The number of aromatic nitrogens is 1. The van der Waals surface area contributed by atoms with Crippen LogP contribution in [0.3, 0.4) is 0 Å². The SMILES string of the molecule is O=C(NCc1ccc2c(c1)OCCO2)c1csc(-c2ccsc2)n1. The van der Waals surface area contributed by atoms with E-state index in [-0.39, 0.29) is 5.91 Å². The van der Waals surface area contributed by atoms with Gasteiger partial charge in [0.1, 0.15) is 23.9 Å². The van der Waals surface area contributed by atoms with Crippen LogP contribution < -0.4 is 14.8 Å². The molecule has 3 aromatic rings. The monoisotopic (exact) mass is 358 g/mol. The Labute approximate surface area is 146 Å². The molecule has 0 aliphatic carbocycles. The summed E-state index contributed by atoms with van der Waals surface area (Å²) < 4.78 is 11.0. The van der Waals surface area contributed by atoms with Gasteiger partial charge in [0.05, 0.1) is 0 Å². The van der Waals surface area contributed by atoms with Crippen LogP contribution in [0.15, 0.2) is 40.4 Å². The molecule has 1 aliphatic rings. The summed E-state index contributed by atoms with van der Waals surface area (Å²) in [5.74, 6) is 1.29. The molecule has 3 heterocycles. The Bertz CT molecular complexity index is 859. The Morgan fingerprint density at radius 3 is 2.88 bits per heavy atom. The van der Waals surface area contributed by atoms with Crippen molar-refractivity contribution in [3.8, 4) is 22.1 Å². The molecule has 0 saturated heterocycles. The molecular weight excluding hydrogens is 344 g/mol.